The number of amides is 1. The zero-order valence-corrected chi connectivity index (χ0v) is 15.7. The van der Waals surface area contributed by atoms with Gasteiger partial charge in [0.1, 0.15) is 23.9 Å². The minimum absolute atomic E-state index is 0.0113. The molecule has 0 spiro atoms. The molecule has 1 aromatic heterocycles. The third-order valence-electron chi connectivity index (χ3n) is 3.20. The fourth-order valence-electron chi connectivity index (χ4n) is 2.03. The normalized spacial score (nSPS) is 12.0. The second-order valence-electron chi connectivity index (χ2n) is 5.40. The average Bonchev–Trinajstić information content (AvgIpc) is 3.06. The molecule has 28 heavy (non-hydrogen) atoms. The highest BCUT2D eigenvalue weighted by atomic mass is 35.5. The van der Waals surface area contributed by atoms with Crippen molar-refractivity contribution in [2.24, 2.45) is 10.3 Å². The summed E-state index contributed by atoms with van der Waals surface area (Å²) in [5.74, 6) is -2.37. The Kier molecular flexibility index (Phi) is 7.25. The number of nitrogens with zero attached hydrogens (tertiary/aromatic N) is 3. The Labute approximate surface area is 163 Å². The van der Waals surface area contributed by atoms with Gasteiger partial charge < -0.3 is 15.3 Å². The van der Waals surface area contributed by atoms with E-state index in [1.807, 2.05) is 0 Å². The summed E-state index contributed by atoms with van der Waals surface area (Å²) in [6.07, 6.45) is 0.0200. The number of oxime groups is 1. The van der Waals surface area contributed by atoms with Gasteiger partial charge in [0.15, 0.2) is 5.69 Å². The molecule has 152 valence electrons. The molecule has 0 atom stereocenters. The smallest absolute Gasteiger partial charge is 0.285 e. The first kappa shape index (κ1) is 21.5. The van der Waals surface area contributed by atoms with Gasteiger partial charge in [0.05, 0.1) is 11.6 Å². The highest BCUT2D eigenvalue weighted by Crippen LogP contribution is 2.20. The Morgan fingerprint density at radius 3 is 2.82 bits per heavy atom. The molecule has 2 rings (SSSR count). The van der Waals surface area contributed by atoms with Crippen LogP contribution in [0, 0.1) is 5.82 Å². The zero-order chi connectivity index (χ0) is 20.7. The molecule has 0 radical (unpaired) electrons. The van der Waals surface area contributed by atoms with Crippen molar-refractivity contribution in [1.29, 1.82) is 0 Å². The third-order valence-corrected chi connectivity index (χ3v) is 4.16. The second-order valence-corrected chi connectivity index (χ2v) is 7.42. The molecule has 1 amide bonds. The van der Waals surface area contributed by atoms with E-state index in [0.717, 1.165) is 6.07 Å². The van der Waals surface area contributed by atoms with Crippen LogP contribution in [-0.4, -0.2) is 54.5 Å². The van der Waals surface area contributed by atoms with Gasteiger partial charge in [0, 0.05) is 6.42 Å². The van der Waals surface area contributed by atoms with Crippen LogP contribution in [0.1, 0.15) is 11.3 Å². The molecule has 0 aliphatic carbocycles. The Morgan fingerprint density at radius 2 is 2.18 bits per heavy atom. The number of rotatable bonds is 9. The number of nitrogens with two attached hydrogens (primary N) is 1. The molecular weight excluding hydrogens is 421 g/mol. The number of ether oxygens (including phenoxy) is 1. The number of carbonyl (C=O) groups excluding carboxylic acids is 1. The van der Waals surface area contributed by atoms with Crippen molar-refractivity contribution >= 4 is 33.2 Å². The summed E-state index contributed by atoms with van der Waals surface area (Å²) in [6, 6.07) is 3.97. The topological polar surface area (TPSA) is 170 Å². The lowest BCUT2D eigenvalue weighted by Crippen LogP contribution is -2.35. The summed E-state index contributed by atoms with van der Waals surface area (Å²) in [4.78, 5) is 11.3. The molecule has 0 saturated heterocycles. The number of hydrogen-bond donors (Lipinski definition) is 3. The number of nitrogens with one attached hydrogen (secondary N) is 1. The van der Waals surface area contributed by atoms with Gasteiger partial charge in [-0.25, -0.2) is 22.6 Å². The molecule has 1 aromatic carbocycles. The van der Waals surface area contributed by atoms with Gasteiger partial charge in [-0.05, 0) is 28.0 Å². The van der Waals surface area contributed by atoms with E-state index >= 15 is 0 Å². The molecule has 14 heteroatoms. The van der Waals surface area contributed by atoms with E-state index in [-0.39, 0.29) is 41.9 Å². The van der Waals surface area contributed by atoms with E-state index in [1.165, 1.54) is 12.1 Å². The Bertz CT molecular complexity index is 980. The molecule has 11 nitrogen and oxygen atoms in total. The highest BCUT2D eigenvalue weighted by Gasteiger charge is 2.20. The van der Waals surface area contributed by atoms with Crippen molar-refractivity contribution < 1.29 is 32.2 Å². The summed E-state index contributed by atoms with van der Waals surface area (Å²) < 4.78 is 44.7. The number of halogens is 2. The van der Waals surface area contributed by atoms with E-state index in [1.54, 1.807) is 0 Å². The maximum Gasteiger partial charge on any atom is 0.285 e. The minimum Gasteiger partial charge on any atom is -0.472 e. The molecule has 2 aromatic rings. The molecule has 0 fully saturated rings. The van der Waals surface area contributed by atoms with Crippen LogP contribution < -0.4 is 15.2 Å². The number of sulfonamides is 1. The lowest BCUT2D eigenvalue weighted by Gasteiger charge is -2.07. The lowest BCUT2D eigenvalue weighted by molar-refractivity contribution is -0.118. The van der Waals surface area contributed by atoms with E-state index in [9.17, 15) is 22.8 Å². The van der Waals surface area contributed by atoms with Crippen LogP contribution in [0.25, 0.3) is 0 Å². The summed E-state index contributed by atoms with van der Waals surface area (Å²) >= 11 is 5.72. The fraction of sp³-hybridized carbons (Fsp3) is 0.286. The van der Waals surface area contributed by atoms with Crippen molar-refractivity contribution in [2.75, 3.05) is 18.9 Å². The van der Waals surface area contributed by atoms with Gasteiger partial charge in [0.2, 0.25) is 15.9 Å². The number of carbonyl (C=O) groups is 1. The first-order chi connectivity index (χ1) is 13.2. The maximum atomic E-state index is 13.2. The summed E-state index contributed by atoms with van der Waals surface area (Å²) in [6.45, 7) is -0.168. The average molecular weight is 436 g/mol. The van der Waals surface area contributed by atoms with Crippen molar-refractivity contribution in [3.8, 4) is 5.88 Å². The number of primary sulfonamides is 1. The standard InChI is InChI=1S/C14H15ClFN5O6S/c15-9-5-8(1-2-10(9)16)6-11(19-23)13-14(21-27-20-13)26-4-3-18-12(22)7-28(17,24)25/h1-2,5,23H,3-4,6-7H2,(H,18,22)(H2,17,24,25). The quantitative estimate of drug-likeness (QED) is 0.215. The van der Waals surface area contributed by atoms with Gasteiger partial charge in [-0.15, -0.1) is 0 Å². The first-order valence-corrected chi connectivity index (χ1v) is 9.66. The predicted molar refractivity (Wildman–Crippen MR) is 94.2 cm³/mol. The predicted octanol–water partition coefficient (Wildman–Crippen LogP) is 0.0666. The van der Waals surface area contributed by atoms with Crippen LogP contribution in [-0.2, 0) is 21.2 Å². The summed E-state index contributed by atoms with van der Waals surface area (Å²) in [5, 5.41) is 26.4. The molecule has 4 N–H and O–H groups in total. The fourth-order valence-corrected chi connectivity index (χ4v) is 2.70. The van der Waals surface area contributed by atoms with Crippen LogP contribution in [0.4, 0.5) is 4.39 Å². The summed E-state index contributed by atoms with van der Waals surface area (Å²) in [5.41, 5.74) is 0.527. The molecule has 0 bridgehead atoms. The van der Waals surface area contributed by atoms with E-state index in [4.69, 9.17) is 21.5 Å². The van der Waals surface area contributed by atoms with Crippen molar-refractivity contribution in [2.45, 2.75) is 6.42 Å². The van der Waals surface area contributed by atoms with E-state index < -0.39 is 27.5 Å². The molecule has 0 unspecified atom stereocenters. The van der Waals surface area contributed by atoms with E-state index in [0.29, 0.717) is 5.56 Å². The van der Waals surface area contributed by atoms with Gasteiger partial charge >= 0.3 is 0 Å². The minimum atomic E-state index is -3.93. The number of benzene rings is 1. The molecule has 0 aliphatic heterocycles. The molecular formula is C14H15ClFN5O6S. The van der Waals surface area contributed by atoms with Crippen LogP contribution in [0.15, 0.2) is 28.0 Å². The van der Waals surface area contributed by atoms with Crippen LogP contribution >= 0.6 is 11.6 Å². The van der Waals surface area contributed by atoms with Crippen LogP contribution in [0.5, 0.6) is 5.88 Å². The van der Waals surface area contributed by atoms with Gasteiger partial charge in [0.25, 0.3) is 5.88 Å². The Hall–Kier alpha value is -2.77. The van der Waals surface area contributed by atoms with E-state index in [2.05, 4.69) is 25.4 Å². The maximum absolute atomic E-state index is 13.2. The lowest BCUT2D eigenvalue weighted by atomic mass is 10.1. The Balaban J connectivity index is 1.95. The highest BCUT2D eigenvalue weighted by molar-refractivity contribution is 7.89. The van der Waals surface area contributed by atoms with Crippen molar-refractivity contribution in [3.05, 3.63) is 40.3 Å². The Morgan fingerprint density at radius 1 is 1.43 bits per heavy atom. The number of aromatic nitrogens is 2. The van der Waals surface area contributed by atoms with Crippen molar-refractivity contribution in [3.63, 3.8) is 0 Å². The largest absolute Gasteiger partial charge is 0.472 e. The van der Waals surface area contributed by atoms with Crippen molar-refractivity contribution in [1.82, 2.24) is 15.6 Å². The second kappa shape index (κ2) is 9.43. The van der Waals surface area contributed by atoms with Gasteiger partial charge in [-0.2, -0.15) is 0 Å². The molecule has 1 heterocycles. The van der Waals surface area contributed by atoms with Crippen LogP contribution in [0.3, 0.4) is 0 Å². The monoisotopic (exact) mass is 435 g/mol. The zero-order valence-electron chi connectivity index (χ0n) is 14.1. The SMILES string of the molecule is NS(=O)(=O)CC(=O)NCCOc1nonc1C(Cc1ccc(F)c(Cl)c1)=NO. The third kappa shape index (κ3) is 6.44. The molecule has 0 saturated carbocycles. The molecule has 0 aliphatic rings. The van der Waals surface area contributed by atoms with Crippen LogP contribution in [0.2, 0.25) is 5.02 Å². The number of hydrogen-bond acceptors (Lipinski definition) is 9. The summed E-state index contributed by atoms with van der Waals surface area (Å²) in [7, 11) is -3.93. The van der Waals surface area contributed by atoms with Gasteiger partial charge in [-0.1, -0.05) is 22.8 Å². The first-order valence-electron chi connectivity index (χ1n) is 7.57. The van der Waals surface area contributed by atoms with Gasteiger partial charge in [-0.3, -0.25) is 4.79 Å².